The Labute approximate surface area is 163 Å². The van der Waals surface area contributed by atoms with Crippen LogP contribution in [0.15, 0.2) is 40.7 Å². The molecule has 0 bridgehead atoms. The summed E-state index contributed by atoms with van der Waals surface area (Å²) in [6, 6.07) is 9.81. The lowest BCUT2D eigenvalue weighted by atomic mass is 9.99. The van der Waals surface area contributed by atoms with Crippen molar-refractivity contribution in [2.45, 2.75) is 39.0 Å². The fourth-order valence-corrected chi connectivity index (χ4v) is 4.12. The van der Waals surface area contributed by atoms with Gasteiger partial charge in [0.1, 0.15) is 5.82 Å². The number of aryl methyl sites for hydroxylation is 1. The van der Waals surface area contributed by atoms with Crippen LogP contribution in [0.5, 0.6) is 0 Å². The van der Waals surface area contributed by atoms with Crippen molar-refractivity contribution in [2.75, 3.05) is 13.1 Å². The van der Waals surface area contributed by atoms with Gasteiger partial charge in [-0.1, -0.05) is 30.3 Å². The molecule has 1 aromatic heterocycles. The van der Waals surface area contributed by atoms with Gasteiger partial charge in [-0.2, -0.15) is 0 Å². The summed E-state index contributed by atoms with van der Waals surface area (Å²) in [4.78, 5) is 46.5. The van der Waals surface area contributed by atoms with Crippen LogP contribution in [0.3, 0.4) is 0 Å². The maximum absolute atomic E-state index is 13.0. The molecule has 2 aliphatic rings. The third-order valence-electron chi connectivity index (χ3n) is 5.58. The predicted molar refractivity (Wildman–Crippen MR) is 106 cm³/mol. The number of ketones is 1. The molecule has 0 atom stereocenters. The van der Waals surface area contributed by atoms with Gasteiger partial charge in [0.05, 0.1) is 12.1 Å². The van der Waals surface area contributed by atoms with Crippen LogP contribution >= 0.6 is 0 Å². The molecule has 0 saturated carbocycles. The molecule has 0 radical (unpaired) electrons. The molecule has 1 N–H and O–H groups in total. The zero-order chi connectivity index (χ0) is 19.7. The van der Waals surface area contributed by atoms with Gasteiger partial charge < -0.3 is 9.88 Å². The van der Waals surface area contributed by atoms with Gasteiger partial charge in [-0.25, -0.2) is 4.98 Å². The summed E-state index contributed by atoms with van der Waals surface area (Å²) in [5, 5.41) is 0. The molecular weight excluding hydrogens is 354 g/mol. The second-order valence-corrected chi connectivity index (χ2v) is 7.38. The molecule has 1 aliphatic carbocycles. The monoisotopic (exact) mass is 377 g/mol. The summed E-state index contributed by atoms with van der Waals surface area (Å²) in [7, 11) is 0. The molecule has 6 heteroatoms. The molecule has 4 rings (SSSR count). The van der Waals surface area contributed by atoms with Crippen molar-refractivity contribution in [1.29, 1.82) is 0 Å². The third kappa shape index (κ3) is 3.54. The Kier molecular flexibility index (Phi) is 4.94. The van der Waals surface area contributed by atoms with E-state index in [0.29, 0.717) is 55.7 Å². The van der Waals surface area contributed by atoms with E-state index < -0.39 is 0 Å². The highest BCUT2D eigenvalue weighted by molar-refractivity contribution is 6.10. The number of allylic oxidation sites excluding steroid dienone is 1. The zero-order valence-electron chi connectivity index (χ0n) is 16.0. The molecule has 0 fully saturated rings. The molecule has 144 valence electrons. The van der Waals surface area contributed by atoms with Crippen molar-refractivity contribution >= 4 is 17.3 Å². The fourth-order valence-electron chi connectivity index (χ4n) is 4.12. The largest absolute Gasteiger partial charge is 0.342 e. The predicted octanol–water partition coefficient (Wildman–Crippen LogP) is 2.21. The second kappa shape index (κ2) is 7.54. The topological polar surface area (TPSA) is 83.1 Å². The smallest absolute Gasteiger partial charge is 0.254 e. The highest BCUT2D eigenvalue weighted by Crippen LogP contribution is 2.33. The number of H-pyrrole nitrogens is 1. The lowest BCUT2D eigenvalue weighted by Gasteiger charge is -2.20. The van der Waals surface area contributed by atoms with Gasteiger partial charge in [0.15, 0.2) is 5.78 Å². The van der Waals surface area contributed by atoms with E-state index in [1.165, 1.54) is 0 Å². The van der Waals surface area contributed by atoms with Gasteiger partial charge in [0.25, 0.3) is 5.56 Å². The number of hydrogen-bond acceptors (Lipinski definition) is 4. The normalized spacial score (nSPS) is 16.9. The number of carbonyl (C=O) groups is 2. The Bertz CT molecular complexity index is 1020. The van der Waals surface area contributed by atoms with Crippen molar-refractivity contribution < 1.29 is 9.59 Å². The average molecular weight is 377 g/mol. The third-order valence-corrected chi connectivity index (χ3v) is 5.58. The van der Waals surface area contributed by atoms with Crippen molar-refractivity contribution in [3.05, 3.63) is 68.9 Å². The molecule has 6 nitrogen and oxygen atoms in total. The number of benzene rings is 1. The van der Waals surface area contributed by atoms with Gasteiger partial charge in [-0.3, -0.25) is 14.4 Å². The van der Waals surface area contributed by atoms with Crippen LogP contribution in [0, 0.1) is 6.92 Å². The zero-order valence-corrected chi connectivity index (χ0v) is 16.0. The summed E-state index contributed by atoms with van der Waals surface area (Å²) >= 11 is 0. The quantitative estimate of drug-likeness (QED) is 0.889. The number of carbonyl (C=O) groups excluding carboxylic acids is 2. The molecule has 0 spiro atoms. The Morgan fingerprint density at radius 2 is 1.82 bits per heavy atom. The van der Waals surface area contributed by atoms with Gasteiger partial charge in [0.2, 0.25) is 5.91 Å². The van der Waals surface area contributed by atoms with Crippen molar-refractivity contribution in [3.63, 3.8) is 0 Å². The molecule has 1 amide bonds. The number of aromatic amines is 1. The molecular formula is C22H23N3O3. The van der Waals surface area contributed by atoms with Crippen molar-refractivity contribution in [2.24, 2.45) is 0 Å². The number of hydrogen-bond donors (Lipinski definition) is 1. The van der Waals surface area contributed by atoms with E-state index in [1.54, 1.807) is 11.8 Å². The standard InChI is InChI=1S/C22H23N3O3/c1-14-23-19-10-12-25(11-9-17(19)22(28)24-14)21(27)13-18-16(7-8-20(18)26)15-5-3-2-4-6-15/h2-6H,7-13H2,1H3,(H,23,24,28). The van der Waals surface area contributed by atoms with Gasteiger partial charge in [0, 0.05) is 37.1 Å². The van der Waals surface area contributed by atoms with E-state index in [2.05, 4.69) is 9.97 Å². The van der Waals surface area contributed by atoms with Gasteiger partial charge >= 0.3 is 0 Å². The van der Waals surface area contributed by atoms with E-state index in [0.717, 1.165) is 16.8 Å². The summed E-state index contributed by atoms with van der Waals surface area (Å²) in [5.74, 6) is 0.608. The lowest BCUT2D eigenvalue weighted by Crippen LogP contribution is -2.34. The number of nitrogens with one attached hydrogen (secondary N) is 1. The fraction of sp³-hybridized carbons (Fsp3) is 0.364. The summed E-state index contributed by atoms with van der Waals surface area (Å²) in [6.45, 7) is 2.75. The molecule has 28 heavy (non-hydrogen) atoms. The highest BCUT2D eigenvalue weighted by Gasteiger charge is 2.28. The average Bonchev–Trinajstić information content (AvgIpc) is 2.90. The first-order chi connectivity index (χ1) is 13.5. The number of rotatable bonds is 3. The van der Waals surface area contributed by atoms with E-state index >= 15 is 0 Å². The molecule has 2 aromatic rings. The summed E-state index contributed by atoms with van der Waals surface area (Å²) in [5.41, 5.74) is 3.98. The van der Waals surface area contributed by atoms with E-state index in [1.807, 2.05) is 30.3 Å². The van der Waals surface area contributed by atoms with Crippen molar-refractivity contribution in [1.82, 2.24) is 14.9 Å². The van der Waals surface area contributed by atoms with Crippen LogP contribution in [-0.2, 0) is 22.4 Å². The number of nitrogens with zero attached hydrogens (tertiary/aromatic N) is 2. The number of aromatic nitrogens is 2. The van der Waals surface area contributed by atoms with Crippen LogP contribution in [-0.4, -0.2) is 39.6 Å². The number of amides is 1. The molecule has 1 aromatic carbocycles. The molecule has 2 heterocycles. The summed E-state index contributed by atoms with van der Waals surface area (Å²) < 4.78 is 0. The first kappa shape index (κ1) is 18.3. The van der Waals surface area contributed by atoms with E-state index in [-0.39, 0.29) is 23.7 Å². The molecule has 0 saturated heterocycles. The Morgan fingerprint density at radius 3 is 2.61 bits per heavy atom. The number of Topliss-reactive ketones (excluding diaryl/α,β-unsaturated/α-hetero) is 1. The van der Waals surface area contributed by atoms with Crippen LogP contribution in [0.2, 0.25) is 0 Å². The minimum Gasteiger partial charge on any atom is -0.342 e. The SMILES string of the molecule is Cc1nc2c(c(=O)[nH]1)CCN(C(=O)CC1=C(c3ccccc3)CCC1=O)CC2. The van der Waals surface area contributed by atoms with E-state index in [4.69, 9.17) is 0 Å². The maximum atomic E-state index is 13.0. The van der Waals surface area contributed by atoms with Crippen LogP contribution in [0.4, 0.5) is 0 Å². The highest BCUT2D eigenvalue weighted by atomic mass is 16.2. The minimum absolute atomic E-state index is 0.0559. The Hall–Kier alpha value is -3.02. The van der Waals surface area contributed by atoms with Crippen LogP contribution < -0.4 is 5.56 Å². The summed E-state index contributed by atoms with van der Waals surface area (Å²) in [6.07, 6.45) is 2.33. The van der Waals surface area contributed by atoms with Crippen LogP contribution in [0.1, 0.15) is 41.9 Å². The minimum atomic E-state index is -0.114. The van der Waals surface area contributed by atoms with Gasteiger partial charge in [-0.15, -0.1) is 0 Å². The van der Waals surface area contributed by atoms with Gasteiger partial charge in [-0.05, 0) is 30.9 Å². The first-order valence-electron chi connectivity index (χ1n) is 9.70. The van der Waals surface area contributed by atoms with Crippen molar-refractivity contribution in [3.8, 4) is 0 Å². The maximum Gasteiger partial charge on any atom is 0.254 e. The Morgan fingerprint density at radius 1 is 1.07 bits per heavy atom. The molecule has 0 unspecified atom stereocenters. The van der Waals surface area contributed by atoms with E-state index in [9.17, 15) is 14.4 Å². The second-order valence-electron chi connectivity index (χ2n) is 7.38. The number of fused-ring (bicyclic) bond motifs is 1. The first-order valence-corrected chi connectivity index (χ1v) is 9.70. The van der Waals surface area contributed by atoms with Crippen LogP contribution in [0.25, 0.3) is 5.57 Å². The molecule has 1 aliphatic heterocycles. The Balaban J connectivity index is 1.53. The lowest BCUT2D eigenvalue weighted by molar-refractivity contribution is -0.131.